The van der Waals surface area contributed by atoms with Crippen LogP contribution in [0, 0.1) is 5.82 Å². The van der Waals surface area contributed by atoms with Crippen LogP contribution in [-0.4, -0.2) is 52.8 Å². The van der Waals surface area contributed by atoms with Crippen molar-refractivity contribution in [3.63, 3.8) is 0 Å². The summed E-state index contributed by atoms with van der Waals surface area (Å²) in [5.74, 6) is -2.12. The minimum atomic E-state index is -1.15. The van der Waals surface area contributed by atoms with Gasteiger partial charge in [0.2, 0.25) is 5.91 Å². The molecule has 2 unspecified atom stereocenters. The number of amides is 1. The van der Waals surface area contributed by atoms with Crippen LogP contribution in [0.25, 0.3) is 0 Å². The van der Waals surface area contributed by atoms with E-state index < -0.39 is 29.8 Å². The molecule has 1 heterocycles. The van der Waals surface area contributed by atoms with E-state index >= 15 is 0 Å². The van der Waals surface area contributed by atoms with Gasteiger partial charge in [-0.05, 0) is 17.7 Å². The van der Waals surface area contributed by atoms with Gasteiger partial charge in [0, 0.05) is 13.0 Å². The van der Waals surface area contributed by atoms with E-state index in [1.54, 1.807) is 6.07 Å². The number of aliphatic carboxylic acids is 1. The number of likely N-dealkylation sites (tertiary alicyclic amines) is 1. The number of aliphatic hydroxyl groups excluding tert-OH is 1. The van der Waals surface area contributed by atoms with Crippen LogP contribution in [0.4, 0.5) is 4.39 Å². The lowest BCUT2D eigenvalue weighted by molar-refractivity contribution is -0.148. The fraction of sp³-hybridized carbons (Fsp3) is 0.429. The third kappa shape index (κ3) is 3.30. The zero-order valence-electron chi connectivity index (χ0n) is 11.5. The van der Waals surface area contributed by atoms with Gasteiger partial charge in [-0.1, -0.05) is 6.07 Å². The Morgan fingerprint density at radius 1 is 1.48 bits per heavy atom. The standard InChI is InChI=1S/C14H16FNO5/c1-21-12-3-2-8(4-10(12)15)5-13(18)16-7-9(17)6-11(16)14(19)20/h2-4,9,11,17H,5-7H2,1H3,(H,19,20). The molecule has 1 aromatic carbocycles. The molecular formula is C14H16FNO5. The predicted molar refractivity (Wildman–Crippen MR) is 70.4 cm³/mol. The van der Waals surface area contributed by atoms with Gasteiger partial charge in [0.15, 0.2) is 11.6 Å². The number of β-amino-alcohol motifs (C(OH)–C–C–N with tert-alkyl or cyclic N) is 1. The molecule has 2 atom stereocenters. The number of carbonyl (C=O) groups excluding carboxylic acids is 1. The van der Waals surface area contributed by atoms with Gasteiger partial charge < -0.3 is 19.8 Å². The molecule has 6 nitrogen and oxygen atoms in total. The summed E-state index contributed by atoms with van der Waals surface area (Å²) in [4.78, 5) is 24.3. The molecule has 0 radical (unpaired) electrons. The first-order valence-electron chi connectivity index (χ1n) is 6.45. The number of hydrogen-bond donors (Lipinski definition) is 2. The van der Waals surface area contributed by atoms with Crippen molar-refractivity contribution in [3.05, 3.63) is 29.6 Å². The van der Waals surface area contributed by atoms with E-state index in [4.69, 9.17) is 9.84 Å². The fourth-order valence-corrected chi connectivity index (χ4v) is 2.42. The van der Waals surface area contributed by atoms with Crippen molar-refractivity contribution < 1.29 is 28.9 Å². The van der Waals surface area contributed by atoms with E-state index in [-0.39, 0.29) is 25.1 Å². The molecule has 7 heteroatoms. The van der Waals surface area contributed by atoms with Gasteiger partial charge in [0.1, 0.15) is 6.04 Å². The molecular weight excluding hydrogens is 281 g/mol. The third-order valence-electron chi connectivity index (χ3n) is 3.46. The number of halogens is 1. The number of carbonyl (C=O) groups is 2. The molecule has 1 aliphatic rings. The summed E-state index contributed by atoms with van der Waals surface area (Å²) in [5.41, 5.74) is 0.420. The van der Waals surface area contributed by atoms with Gasteiger partial charge in [-0.25, -0.2) is 9.18 Å². The van der Waals surface area contributed by atoms with E-state index in [0.717, 1.165) is 4.90 Å². The smallest absolute Gasteiger partial charge is 0.326 e. The topological polar surface area (TPSA) is 87.1 Å². The Labute approximate surface area is 120 Å². The van der Waals surface area contributed by atoms with Crippen molar-refractivity contribution in [1.82, 2.24) is 4.90 Å². The highest BCUT2D eigenvalue weighted by atomic mass is 19.1. The van der Waals surface area contributed by atoms with Gasteiger partial charge in [0.05, 0.1) is 19.6 Å². The Balaban J connectivity index is 2.10. The highest BCUT2D eigenvalue weighted by molar-refractivity contribution is 5.85. The molecule has 1 aromatic rings. The maximum Gasteiger partial charge on any atom is 0.326 e. The van der Waals surface area contributed by atoms with Crippen molar-refractivity contribution in [2.75, 3.05) is 13.7 Å². The molecule has 1 saturated heterocycles. The van der Waals surface area contributed by atoms with Gasteiger partial charge in [-0.3, -0.25) is 4.79 Å². The van der Waals surface area contributed by atoms with Crippen molar-refractivity contribution in [2.24, 2.45) is 0 Å². The lowest BCUT2D eigenvalue weighted by Crippen LogP contribution is -2.41. The van der Waals surface area contributed by atoms with Gasteiger partial charge in [-0.2, -0.15) is 0 Å². The van der Waals surface area contributed by atoms with Crippen LogP contribution >= 0.6 is 0 Å². The first-order valence-corrected chi connectivity index (χ1v) is 6.45. The number of aliphatic hydroxyl groups is 1. The predicted octanol–water partition coefficient (Wildman–Crippen LogP) is 0.423. The summed E-state index contributed by atoms with van der Waals surface area (Å²) in [6, 6.07) is 3.10. The maximum atomic E-state index is 13.6. The Morgan fingerprint density at radius 3 is 2.76 bits per heavy atom. The molecule has 21 heavy (non-hydrogen) atoms. The average Bonchev–Trinajstić information content (AvgIpc) is 2.81. The maximum absolute atomic E-state index is 13.6. The van der Waals surface area contributed by atoms with Crippen LogP contribution in [0.3, 0.4) is 0 Å². The Kier molecular flexibility index (Phi) is 4.42. The van der Waals surface area contributed by atoms with Crippen LogP contribution in [0.15, 0.2) is 18.2 Å². The Bertz CT molecular complexity index is 562. The minimum absolute atomic E-state index is 0.0120. The van der Waals surface area contributed by atoms with Gasteiger partial charge >= 0.3 is 5.97 Å². The second-order valence-corrected chi connectivity index (χ2v) is 4.94. The van der Waals surface area contributed by atoms with E-state index in [2.05, 4.69) is 0 Å². The van der Waals surface area contributed by atoms with Crippen LogP contribution in [0.2, 0.25) is 0 Å². The van der Waals surface area contributed by atoms with Gasteiger partial charge in [-0.15, -0.1) is 0 Å². The van der Waals surface area contributed by atoms with Crippen molar-refractivity contribution in [2.45, 2.75) is 25.0 Å². The summed E-state index contributed by atoms with van der Waals surface area (Å²) in [6.07, 6.45) is -0.960. The fourth-order valence-electron chi connectivity index (χ4n) is 2.42. The van der Waals surface area contributed by atoms with E-state index in [9.17, 15) is 19.1 Å². The SMILES string of the molecule is COc1ccc(CC(=O)N2CC(O)CC2C(=O)O)cc1F. The quantitative estimate of drug-likeness (QED) is 0.841. The van der Waals surface area contributed by atoms with Crippen LogP contribution in [0.1, 0.15) is 12.0 Å². The normalized spacial score (nSPS) is 21.4. The summed E-state index contributed by atoms with van der Waals surface area (Å²) in [6.45, 7) is -0.0194. The number of rotatable bonds is 4. The van der Waals surface area contributed by atoms with E-state index in [1.165, 1.54) is 19.2 Å². The number of methoxy groups -OCH3 is 1. The number of carboxylic acids is 1. The zero-order valence-corrected chi connectivity index (χ0v) is 11.5. The number of benzene rings is 1. The van der Waals surface area contributed by atoms with Crippen LogP contribution < -0.4 is 4.74 Å². The largest absolute Gasteiger partial charge is 0.494 e. The molecule has 0 aromatic heterocycles. The third-order valence-corrected chi connectivity index (χ3v) is 3.46. The number of hydrogen-bond acceptors (Lipinski definition) is 4. The van der Waals surface area contributed by atoms with E-state index in [0.29, 0.717) is 5.56 Å². The van der Waals surface area contributed by atoms with Crippen LogP contribution in [-0.2, 0) is 16.0 Å². The second kappa shape index (κ2) is 6.09. The summed E-state index contributed by atoms with van der Waals surface area (Å²) >= 11 is 0. The monoisotopic (exact) mass is 297 g/mol. The summed E-state index contributed by atoms with van der Waals surface area (Å²) < 4.78 is 18.3. The lowest BCUT2D eigenvalue weighted by atomic mass is 10.1. The first kappa shape index (κ1) is 15.2. The molecule has 1 fully saturated rings. The number of ether oxygens (including phenoxy) is 1. The van der Waals surface area contributed by atoms with E-state index in [1.807, 2.05) is 0 Å². The molecule has 0 bridgehead atoms. The molecule has 2 N–H and O–H groups in total. The van der Waals surface area contributed by atoms with Crippen LogP contribution in [0.5, 0.6) is 5.75 Å². The average molecular weight is 297 g/mol. The van der Waals surface area contributed by atoms with Crippen molar-refractivity contribution in [1.29, 1.82) is 0 Å². The highest BCUT2D eigenvalue weighted by Crippen LogP contribution is 2.21. The van der Waals surface area contributed by atoms with Crippen molar-refractivity contribution >= 4 is 11.9 Å². The first-order chi connectivity index (χ1) is 9.92. The molecule has 1 aliphatic heterocycles. The molecule has 0 spiro atoms. The zero-order chi connectivity index (χ0) is 15.6. The Hall–Kier alpha value is -2.15. The molecule has 1 amide bonds. The number of nitrogens with zero attached hydrogens (tertiary/aromatic N) is 1. The van der Waals surface area contributed by atoms with Gasteiger partial charge in [0.25, 0.3) is 0 Å². The summed E-state index contributed by atoms with van der Waals surface area (Å²) in [5, 5.41) is 18.6. The molecule has 114 valence electrons. The Morgan fingerprint density at radius 2 is 2.19 bits per heavy atom. The highest BCUT2D eigenvalue weighted by Gasteiger charge is 2.38. The molecule has 0 aliphatic carbocycles. The van der Waals surface area contributed by atoms with Crippen molar-refractivity contribution in [3.8, 4) is 5.75 Å². The molecule has 2 rings (SSSR count). The number of carboxylic acid groups (broad SMARTS) is 1. The molecule has 0 saturated carbocycles. The summed E-state index contributed by atoms with van der Waals surface area (Å²) in [7, 11) is 1.34. The lowest BCUT2D eigenvalue weighted by Gasteiger charge is -2.21. The second-order valence-electron chi connectivity index (χ2n) is 4.94. The minimum Gasteiger partial charge on any atom is -0.494 e.